The van der Waals surface area contributed by atoms with Gasteiger partial charge in [-0.25, -0.2) is 13.1 Å². The van der Waals surface area contributed by atoms with Gasteiger partial charge < -0.3 is 10.6 Å². The smallest absolute Gasteiger partial charge is 0.242 e. The summed E-state index contributed by atoms with van der Waals surface area (Å²) in [5, 5.41) is 8.43. The first-order chi connectivity index (χ1) is 13.0. The maximum absolute atomic E-state index is 12.1. The Morgan fingerprint density at radius 3 is 2.78 bits per heavy atom. The third-order valence-corrected chi connectivity index (χ3v) is 6.03. The third-order valence-electron chi connectivity index (χ3n) is 3.69. The lowest BCUT2D eigenvalue weighted by atomic mass is 10.1. The number of thiophene rings is 1. The molecular weight excluding hydrogens is 382 g/mol. The normalized spacial score (nSPS) is 13.3. The van der Waals surface area contributed by atoms with Gasteiger partial charge in [-0.15, -0.1) is 11.3 Å². The van der Waals surface area contributed by atoms with Gasteiger partial charge in [0.25, 0.3) is 0 Å². The van der Waals surface area contributed by atoms with Crippen LogP contribution in [-0.2, 0) is 16.4 Å². The van der Waals surface area contributed by atoms with Crippen molar-refractivity contribution < 1.29 is 8.42 Å². The number of nitrogens with one attached hydrogen (secondary N) is 3. The second-order valence-electron chi connectivity index (χ2n) is 6.12. The van der Waals surface area contributed by atoms with Gasteiger partial charge in [0.2, 0.25) is 10.0 Å². The standard InChI is InChI=1S/C18H27N5O2S2/c1-3-20-18(22-13-15(2)12-16-6-5-11-26-16)21-9-10-23-27(24,25)17-7-4-8-19-14-17/h4-8,11,14-15,23H,3,9-10,12-13H2,1-2H3,(H2,20,21,22). The molecule has 0 aliphatic rings. The van der Waals surface area contributed by atoms with Crippen LogP contribution >= 0.6 is 11.3 Å². The van der Waals surface area contributed by atoms with E-state index in [0.717, 1.165) is 13.0 Å². The Kier molecular flexibility index (Phi) is 8.70. The molecule has 0 saturated carbocycles. The molecule has 1 atom stereocenters. The van der Waals surface area contributed by atoms with Crippen molar-refractivity contribution >= 4 is 27.3 Å². The van der Waals surface area contributed by atoms with Crippen LogP contribution < -0.4 is 15.4 Å². The van der Waals surface area contributed by atoms with Gasteiger partial charge >= 0.3 is 0 Å². The fraction of sp³-hybridized carbons (Fsp3) is 0.444. The summed E-state index contributed by atoms with van der Waals surface area (Å²) < 4.78 is 26.8. The molecule has 2 rings (SSSR count). The maximum atomic E-state index is 12.1. The summed E-state index contributed by atoms with van der Waals surface area (Å²) in [7, 11) is -3.54. The SMILES string of the molecule is CCNC(=NCC(C)Cc1cccs1)NCCNS(=O)(=O)c1cccnc1. The molecule has 0 fully saturated rings. The molecule has 0 aliphatic carbocycles. The molecule has 0 saturated heterocycles. The van der Waals surface area contributed by atoms with E-state index in [1.807, 2.05) is 6.92 Å². The summed E-state index contributed by atoms with van der Waals surface area (Å²) >= 11 is 1.76. The van der Waals surface area contributed by atoms with Crippen molar-refractivity contribution in [2.75, 3.05) is 26.2 Å². The summed E-state index contributed by atoms with van der Waals surface area (Å²) in [6, 6.07) is 7.32. The van der Waals surface area contributed by atoms with E-state index in [2.05, 4.69) is 49.8 Å². The number of sulfonamides is 1. The maximum Gasteiger partial charge on any atom is 0.242 e. The van der Waals surface area contributed by atoms with Crippen molar-refractivity contribution in [1.29, 1.82) is 0 Å². The van der Waals surface area contributed by atoms with E-state index in [9.17, 15) is 8.42 Å². The Balaban J connectivity index is 1.78. The lowest BCUT2D eigenvalue weighted by molar-refractivity contribution is 0.579. The topological polar surface area (TPSA) is 95.5 Å². The third kappa shape index (κ3) is 7.66. The Bertz CT molecular complexity index is 792. The minimum atomic E-state index is -3.54. The quantitative estimate of drug-likeness (QED) is 0.316. The first-order valence-corrected chi connectivity index (χ1v) is 11.3. The van der Waals surface area contributed by atoms with Crippen LogP contribution in [0.15, 0.2) is 51.9 Å². The summed E-state index contributed by atoms with van der Waals surface area (Å²) in [4.78, 5) is 9.96. The summed E-state index contributed by atoms with van der Waals surface area (Å²) in [5.74, 6) is 1.12. The Labute approximate surface area is 165 Å². The Morgan fingerprint density at radius 1 is 1.26 bits per heavy atom. The number of nitrogens with zero attached hydrogens (tertiary/aromatic N) is 2. The van der Waals surface area contributed by atoms with Crippen LogP contribution in [0.2, 0.25) is 0 Å². The van der Waals surface area contributed by atoms with Crippen LogP contribution in [0, 0.1) is 5.92 Å². The van der Waals surface area contributed by atoms with Crippen molar-refractivity contribution in [2.45, 2.75) is 25.2 Å². The Hall–Kier alpha value is -1.97. The number of pyridine rings is 1. The molecule has 2 heterocycles. The number of guanidine groups is 1. The summed E-state index contributed by atoms with van der Waals surface area (Å²) in [6.45, 7) is 6.31. The highest BCUT2D eigenvalue weighted by Gasteiger charge is 2.12. The van der Waals surface area contributed by atoms with Gasteiger partial charge in [0.05, 0.1) is 0 Å². The highest BCUT2D eigenvalue weighted by Crippen LogP contribution is 2.14. The molecule has 3 N–H and O–H groups in total. The molecule has 2 aromatic heterocycles. The Morgan fingerprint density at radius 2 is 2.11 bits per heavy atom. The lowest BCUT2D eigenvalue weighted by Gasteiger charge is -2.13. The highest BCUT2D eigenvalue weighted by molar-refractivity contribution is 7.89. The molecule has 2 aromatic rings. The largest absolute Gasteiger partial charge is 0.357 e. The molecule has 148 valence electrons. The second-order valence-corrected chi connectivity index (χ2v) is 8.92. The van der Waals surface area contributed by atoms with E-state index in [-0.39, 0.29) is 11.4 Å². The van der Waals surface area contributed by atoms with Gasteiger partial charge in [0, 0.05) is 43.4 Å². The number of aromatic nitrogens is 1. The van der Waals surface area contributed by atoms with E-state index in [0.29, 0.717) is 25.0 Å². The second kappa shape index (κ2) is 11.0. The van der Waals surface area contributed by atoms with Crippen molar-refractivity contribution in [1.82, 2.24) is 20.3 Å². The predicted molar refractivity (Wildman–Crippen MR) is 111 cm³/mol. The van der Waals surface area contributed by atoms with Crippen LogP contribution in [0.5, 0.6) is 0 Å². The molecule has 0 amide bonds. The van der Waals surface area contributed by atoms with Gasteiger partial charge in [-0.2, -0.15) is 0 Å². The number of rotatable bonds is 10. The molecule has 7 nitrogen and oxygen atoms in total. The van der Waals surface area contributed by atoms with Crippen molar-refractivity contribution in [3.63, 3.8) is 0 Å². The first kappa shape index (κ1) is 21.3. The summed E-state index contributed by atoms with van der Waals surface area (Å²) in [6.07, 6.45) is 3.88. The highest BCUT2D eigenvalue weighted by atomic mass is 32.2. The van der Waals surface area contributed by atoms with Crippen LogP contribution in [0.3, 0.4) is 0 Å². The van der Waals surface area contributed by atoms with Crippen molar-refractivity contribution in [3.05, 3.63) is 46.9 Å². The molecule has 0 bridgehead atoms. The van der Waals surface area contributed by atoms with E-state index >= 15 is 0 Å². The van der Waals surface area contributed by atoms with E-state index in [4.69, 9.17) is 0 Å². The van der Waals surface area contributed by atoms with Crippen LogP contribution in [0.4, 0.5) is 0 Å². The monoisotopic (exact) mass is 409 g/mol. The summed E-state index contributed by atoms with van der Waals surface area (Å²) in [5.41, 5.74) is 0. The average Bonchev–Trinajstić information content (AvgIpc) is 3.17. The molecule has 9 heteroatoms. The molecular formula is C18H27N5O2S2. The first-order valence-electron chi connectivity index (χ1n) is 8.95. The van der Waals surface area contributed by atoms with E-state index in [1.54, 1.807) is 23.6 Å². The fourth-order valence-electron chi connectivity index (χ4n) is 2.38. The number of aliphatic imine (C=N–C) groups is 1. The molecule has 1 unspecified atom stereocenters. The minimum Gasteiger partial charge on any atom is -0.357 e. The predicted octanol–water partition coefficient (Wildman–Crippen LogP) is 1.86. The van der Waals surface area contributed by atoms with E-state index < -0.39 is 10.0 Å². The van der Waals surface area contributed by atoms with Crippen molar-refractivity contribution in [3.8, 4) is 0 Å². The van der Waals surface area contributed by atoms with E-state index in [1.165, 1.54) is 17.1 Å². The van der Waals surface area contributed by atoms with Crippen LogP contribution in [0.25, 0.3) is 0 Å². The zero-order chi connectivity index (χ0) is 19.5. The number of hydrogen-bond acceptors (Lipinski definition) is 5. The average molecular weight is 410 g/mol. The molecule has 0 spiro atoms. The van der Waals surface area contributed by atoms with Crippen LogP contribution in [-0.4, -0.2) is 45.5 Å². The lowest BCUT2D eigenvalue weighted by Crippen LogP contribution is -2.41. The molecule has 0 aliphatic heterocycles. The zero-order valence-electron chi connectivity index (χ0n) is 15.7. The minimum absolute atomic E-state index is 0.160. The van der Waals surface area contributed by atoms with Gasteiger partial charge in [-0.05, 0) is 42.8 Å². The van der Waals surface area contributed by atoms with Crippen molar-refractivity contribution in [2.24, 2.45) is 10.9 Å². The zero-order valence-corrected chi connectivity index (χ0v) is 17.3. The van der Waals surface area contributed by atoms with Gasteiger partial charge in [-0.3, -0.25) is 9.98 Å². The molecule has 0 radical (unpaired) electrons. The van der Waals surface area contributed by atoms with Gasteiger partial charge in [0.1, 0.15) is 4.90 Å². The fourth-order valence-corrected chi connectivity index (χ4v) is 4.25. The van der Waals surface area contributed by atoms with Gasteiger partial charge in [0.15, 0.2) is 5.96 Å². The van der Waals surface area contributed by atoms with Gasteiger partial charge in [-0.1, -0.05) is 13.0 Å². The molecule has 0 aromatic carbocycles. The van der Waals surface area contributed by atoms with Crippen LogP contribution in [0.1, 0.15) is 18.7 Å². The molecule has 27 heavy (non-hydrogen) atoms. The number of hydrogen-bond donors (Lipinski definition) is 3.